The number of carboxylic acid groups (broad SMARTS) is 1. The van der Waals surface area contributed by atoms with Gasteiger partial charge in [0.05, 0.1) is 12.1 Å². The minimum Gasteiger partial charge on any atom is -0.478 e. The average molecular weight is 348 g/mol. The molecule has 0 spiro atoms. The van der Waals surface area contributed by atoms with E-state index in [4.69, 9.17) is 25.6 Å². The van der Waals surface area contributed by atoms with Gasteiger partial charge in [0.25, 0.3) is 5.91 Å². The third-order valence-corrected chi connectivity index (χ3v) is 3.26. The van der Waals surface area contributed by atoms with Crippen molar-refractivity contribution in [1.82, 2.24) is 15.5 Å². The van der Waals surface area contributed by atoms with Gasteiger partial charge in [-0.05, 0) is 12.1 Å². The highest BCUT2D eigenvalue weighted by Crippen LogP contribution is 2.19. The second kappa shape index (κ2) is 6.55. The average Bonchev–Trinajstić information content (AvgIpc) is 3.22. The number of nitrogens with one attached hydrogen (secondary N) is 1. The second-order valence-corrected chi connectivity index (χ2v) is 5.15. The van der Waals surface area contributed by atoms with Crippen LogP contribution in [0.5, 0.6) is 0 Å². The summed E-state index contributed by atoms with van der Waals surface area (Å²) < 4.78 is 9.93. The maximum absolute atomic E-state index is 11.9. The van der Waals surface area contributed by atoms with E-state index in [0.29, 0.717) is 16.4 Å². The Balaban J connectivity index is 1.64. The van der Waals surface area contributed by atoms with Crippen LogP contribution in [-0.4, -0.2) is 27.1 Å². The molecule has 1 aromatic carbocycles. The van der Waals surface area contributed by atoms with E-state index in [-0.39, 0.29) is 23.8 Å². The van der Waals surface area contributed by atoms with E-state index < -0.39 is 11.9 Å². The number of carbonyl (C=O) groups excluding carboxylic acids is 1. The molecule has 0 atom stereocenters. The zero-order chi connectivity index (χ0) is 17.1. The normalized spacial score (nSPS) is 10.5. The Labute approximate surface area is 140 Å². The van der Waals surface area contributed by atoms with Crippen LogP contribution in [0.25, 0.3) is 11.4 Å². The first-order chi connectivity index (χ1) is 11.5. The molecule has 0 unspecified atom stereocenters. The Bertz CT molecular complexity index is 902. The minimum absolute atomic E-state index is 0.0322. The highest BCUT2D eigenvalue weighted by Gasteiger charge is 2.16. The van der Waals surface area contributed by atoms with Gasteiger partial charge in [0.15, 0.2) is 5.76 Å². The van der Waals surface area contributed by atoms with Crippen molar-refractivity contribution in [1.29, 1.82) is 0 Å². The number of carboxylic acids is 1. The molecule has 0 radical (unpaired) electrons. The number of benzene rings is 1. The monoisotopic (exact) mass is 347 g/mol. The SMILES string of the molecule is O=C(O)c1coc(C(=O)NCc2nc(-c3cccc(Cl)c3)no2)c1. The molecule has 2 aromatic heterocycles. The third kappa shape index (κ3) is 3.44. The number of hydrogen-bond donors (Lipinski definition) is 2. The predicted octanol–water partition coefficient (Wildman–Crippen LogP) is 2.61. The molecule has 0 aliphatic heterocycles. The van der Waals surface area contributed by atoms with Gasteiger partial charge in [0.1, 0.15) is 6.26 Å². The van der Waals surface area contributed by atoms with E-state index in [1.807, 2.05) is 0 Å². The first kappa shape index (κ1) is 15.8. The van der Waals surface area contributed by atoms with Gasteiger partial charge in [0, 0.05) is 16.7 Å². The van der Waals surface area contributed by atoms with Gasteiger partial charge < -0.3 is 19.4 Å². The van der Waals surface area contributed by atoms with Crippen molar-refractivity contribution >= 4 is 23.5 Å². The molecule has 0 fully saturated rings. The number of furan rings is 1. The third-order valence-electron chi connectivity index (χ3n) is 3.02. The summed E-state index contributed by atoms with van der Waals surface area (Å²) in [5, 5.41) is 15.6. The van der Waals surface area contributed by atoms with Gasteiger partial charge in [-0.2, -0.15) is 4.98 Å². The largest absolute Gasteiger partial charge is 0.478 e. The number of hydrogen-bond acceptors (Lipinski definition) is 6. The van der Waals surface area contributed by atoms with Crippen LogP contribution >= 0.6 is 11.6 Å². The zero-order valence-electron chi connectivity index (χ0n) is 12.0. The van der Waals surface area contributed by atoms with Crippen molar-refractivity contribution in [2.24, 2.45) is 0 Å². The van der Waals surface area contributed by atoms with Crippen LogP contribution < -0.4 is 5.32 Å². The lowest BCUT2D eigenvalue weighted by Crippen LogP contribution is -2.22. The van der Waals surface area contributed by atoms with Crippen LogP contribution in [0.3, 0.4) is 0 Å². The maximum Gasteiger partial charge on any atom is 0.338 e. The highest BCUT2D eigenvalue weighted by atomic mass is 35.5. The lowest BCUT2D eigenvalue weighted by molar-refractivity contribution is 0.0696. The molecule has 2 N–H and O–H groups in total. The summed E-state index contributed by atoms with van der Waals surface area (Å²) in [4.78, 5) is 26.8. The van der Waals surface area contributed by atoms with Crippen LogP contribution in [-0.2, 0) is 6.54 Å². The smallest absolute Gasteiger partial charge is 0.338 e. The van der Waals surface area contributed by atoms with Crippen LogP contribution in [0.4, 0.5) is 0 Å². The fourth-order valence-corrected chi connectivity index (χ4v) is 2.07. The van der Waals surface area contributed by atoms with Crippen LogP contribution in [0.1, 0.15) is 26.8 Å². The first-order valence-electron chi connectivity index (χ1n) is 6.71. The molecule has 0 saturated heterocycles. The molecular weight excluding hydrogens is 338 g/mol. The first-order valence-corrected chi connectivity index (χ1v) is 7.09. The van der Waals surface area contributed by atoms with Crippen molar-refractivity contribution in [3.63, 3.8) is 0 Å². The quantitative estimate of drug-likeness (QED) is 0.728. The van der Waals surface area contributed by atoms with Gasteiger partial charge >= 0.3 is 5.97 Å². The van der Waals surface area contributed by atoms with Crippen LogP contribution in [0.15, 0.2) is 45.5 Å². The van der Waals surface area contributed by atoms with E-state index in [9.17, 15) is 9.59 Å². The molecule has 3 rings (SSSR count). The number of aromatic nitrogens is 2. The minimum atomic E-state index is -1.18. The molecule has 0 bridgehead atoms. The second-order valence-electron chi connectivity index (χ2n) is 4.71. The summed E-state index contributed by atoms with van der Waals surface area (Å²) in [6.07, 6.45) is 0.987. The van der Waals surface area contributed by atoms with Gasteiger partial charge in [-0.15, -0.1) is 0 Å². The fourth-order valence-electron chi connectivity index (χ4n) is 1.88. The molecular formula is C15H10ClN3O5. The Morgan fingerprint density at radius 3 is 2.83 bits per heavy atom. The number of halogens is 1. The number of aromatic carboxylic acids is 1. The van der Waals surface area contributed by atoms with E-state index in [0.717, 1.165) is 12.3 Å². The lowest BCUT2D eigenvalue weighted by atomic mass is 10.2. The van der Waals surface area contributed by atoms with E-state index >= 15 is 0 Å². The van der Waals surface area contributed by atoms with Gasteiger partial charge in [-0.25, -0.2) is 4.79 Å². The Morgan fingerprint density at radius 2 is 2.12 bits per heavy atom. The van der Waals surface area contributed by atoms with E-state index in [1.165, 1.54) is 0 Å². The highest BCUT2D eigenvalue weighted by molar-refractivity contribution is 6.30. The van der Waals surface area contributed by atoms with Crippen LogP contribution in [0, 0.1) is 0 Å². The number of rotatable bonds is 5. The van der Waals surface area contributed by atoms with Crippen molar-refractivity contribution in [3.05, 3.63) is 58.8 Å². The summed E-state index contributed by atoms with van der Waals surface area (Å²) in [5.41, 5.74) is 0.571. The van der Waals surface area contributed by atoms with Gasteiger partial charge in [-0.1, -0.05) is 28.9 Å². The van der Waals surface area contributed by atoms with Crippen molar-refractivity contribution < 1.29 is 23.6 Å². The number of nitrogens with zero attached hydrogens (tertiary/aromatic N) is 2. The lowest BCUT2D eigenvalue weighted by Gasteiger charge is -1.98. The van der Waals surface area contributed by atoms with Gasteiger partial charge in [0.2, 0.25) is 11.7 Å². The Hall–Kier alpha value is -3.13. The van der Waals surface area contributed by atoms with Crippen molar-refractivity contribution in [3.8, 4) is 11.4 Å². The molecule has 9 heteroatoms. The Morgan fingerprint density at radius 1 is 1.29 bits per heavy atom. The van der Waals surface area contributed by atoms with Crippen LogP contribution in [0.2, 0.25) is 5.02 Å². The predicted molar refractivity (Wildman–Crippen MR) is 81.6 cm³/mol. The zero-order valence-corrected chi connectivity index (χ0v) is 12.8. The molecule has 2 heterocycles. The summed E-state index contributed by atoms with van der Waals surface area (Å²) in [7, 11) is 0. The van der Waals surface area contributed by atoms with Crippen molar-refractivity contribution in [2.75, 3.05) is 0 Å². The van der Waals surface area contributed by atoms with E-state index in [2.05, 4.69) is 15.5 Å². The van der Waals surface area contributed by atoms with Gasteiger partial charge in [-0.3, -0.25) is 4.79 Å². The molecule has 0 saturated carbocycles. The topological polar surface area (TPSA) is 118 Å². The van der Waals surface area contributed by atoms with Crippen molar-refractivity contribution in [2.45, 2.75) is 6.54 Å². The number of amides is 1. The summed E-state index contributed by atoms with van der Waals surface area (Å²) in [6, 6.07) is 8.07. The molecule has 0 aliphatic carbocycles. The summed E-state index contributed by atoms with van der Waals surface area (Å²) >= 11 is 5.90. The molecule has 3 aromatic rings. The summed E-state index contributed by atoms with van der Waals surface area (Å²) in [5.74, 6) is -1.37. The molecule has 122 valence electrons. The summed E-state index contributed by atoms with van der Waals surface area (Å²) in [6.45, 7) is -0.0322. The van der Waals surface area contributed by atoms with E-state index in [1.54, 1.807) is 24.3 Å². The standard InChI is InChI=1S/C15H10ClN3O5/c16-10-3-1-2-8(4-10)13-18-12(24-19-13)6-17-14(20)11-5-9(7-23-11)15(21)22/h1-5,7H,6H2,(H,17,20)(H,21,22). The molecule has 24 heavy (non-hydrogen) atoms. The Kier molecular flexibility index (Phi) is 4.30. The maximum atomic E-state index is 11.9. The molecule has 0 aliphatic rings. The number of carbonyl (C=O) groups is 2. The molecule has 1 amide bonds. The fraction of sp³-hybridized carbons (Fsp3) is 0.0667. The molecule has 8 nitrogen and oxygen atoms in total.